The Morgan fingerprint density at radius 1 is 1.60 bits per heavy atom. The molecule has 1 N–H and O–H groups in total. The lowest BCUT2D eigenvalue weighted by molar-refractivity contribution is 0.0554. The van der Waals surface area contributed by atoms with Crippen molar-refractivity contribution >= 4 is 23.9 Å². The smallest absolute Gasteiger partial charge is 0.413 e. The van der Waals surface area contributed by atoms with Crippen LogP contribution in [0.25, 0.3) is 0 Å². The van der Waals surface area contributed by atoms with Crippen molar-refractivity contribution in [2.75, 3.05) is 12.9 Å². The number of ether oxygens (including phenoxy) is 2. The average molecular weight is 232 g/mol. The SMILES string of the molecule is COC1CSN=C1NC(=O)OC(C)(C)C. The van der Waals surface area contributed by atoms with E-state index < -0.39 is 11.7 Å². The molecule has 0 aromatic carbocycles. The number of nitrogens with zero attached hydrogens (tertiary/aromatic N) is 1. The summed E-state index contributed by atoms with van der Waals surface area (Å²) in [5, 5.41) is 2.58. The Hall–Kier alpha value is -0.750. The molecule has 1 amide bonds. The zero-order valence-corrected chi connectivity index (χ0v) is 10.2. The van der Waals surface area contributed by atoms with E-state index in [1.807, 2.05) is 20.8 Å². The largest absolute Gasteiger partial charge is 0.444 e. The molecule has 1 rings (SSSR count). The summed E-state index contributed by atoms with van der Waals surface area (Å²) < 4.78 is 14.3. The van der Waals surface area contributed by atoms with E-state index >= 15 is 0 Å². The summed E-state index contributed by atoms with van der Waals surface area (Å²) >= 11 is 1.37. The molecule has 0 bridgehead atoms. The van der Waals surface area contributed by atoms with Crippen molar-refractivity contribution in [3.05, 3.63) is 0 Å². The second-order valence-corrected chi connectivity index (χ2v) is 4.90. The quantitative estimate of drug-likeness (QED) is 0.697. The molecule has 0 fully saturated rings. The molecule has 0 aromatic heterocycles. The van der Waals surface area contributed by atoms with Crippen molar-refractivity contribution < 1.29 is 14.3 Å². The average Bonchev–Trinajstić information content (AvgIpc) is 2.48. The third kappa shape index (κ3) is 4.09. The van der Waals surface area contributed by atoms with Crippen LogP contribution in [0.2, 0.25) is 0 Å². The van der Waals surface area contributed by atoms with Gasteiger partial charge in [-0.25, -0.2) is 9.19 Å². The fourth-order valence-electron chi connectivity index (χ4n) is 1.00. The first-order chi connectivity index (χ1) is 6.92. The predicted molar refractivity (Wildman–Crippen MR) is 60.1 cm³/mol. The van der Waals surface area contributed by atoms with Crippen molar-refractivity contribution in [1.82, 2.24) is 5.32 Å². The van der Waals surface area contributed by atoms with Crippen LogP contribution in [-0.4, -0.2) is 36.5 Å². The maximum Gasteiger partial charge on any atom is 0.413 e. The van der Waals surface area contributed by atoms with E-state index in [9.17, 15) is 4.79 Å². The standard InChI is InChI=1S/C9H16N2O3S/c1-9(2,3)14-8(12)10-7-6(13-4)5-15-11-7/h6H,5H2,1-4H3,(H,10,11,12). The molecule has 1 heterocycles. The number of nitrogens with one attached hydrogen (secondary N) is 1. The van der Waals surface area contributed by atoms with Gasteiger partial charge in [0.25, 0.3) is 0 Å². The summed E-state index contributed by atoms with van der Waals surface area (Å²) in [7, 11) is 1.59. The van der Waals surface area contributed by atoms with Crippen molar-refractivity contribution in [1.29, 1.82) is 0 Å². The Labute approximate surface area is 93.7 Å². The predicted octanol–water partition coefficient (Wildman–Crippen LogP) is 1.59. The van der Waals surface area contributed by atoms with Gasteiger partial charge in [0.15, 0.2) is 0 Å². The Bertz CT molecular complexity index is 273. The van der Waals surface area contributed by atoms with Crippen molar-refractivity contribution in [3.8, 4) is 0 Å². The van der Waals surface area contributed by atoms with E-state index in [-0.39, 0.29) is 6.10 Å². The molecular weight excluding hydrogens is 216 g/mol. The topological polar surface area (TPSA) is 59.9 Å². The van der Waals surface area contributed by atoms with E-state index in [1.165, 1.54) is 11.9 Å². The highest BCUT2D eigenvalue weighted by atomic mass is 32.2. The number of carbonyl (C=O) groups excluding carboxylic acids is 1. The van der Waals surface area contributed by atoms with Gasteiger partial charge >= 0.3 is 6.09 Å². The summed E-state index contributed by atoms with van der Waals surface area (Å²) in [5.74, 6) is 1.25. The Morgan fingerprint density at radius 3 is 2.80 bits per heavy atom. The fraction of sp³-hybridized carbons (Fsp3) is 0.778. The number of amides is 1. The normalized spacial score (nSPS) is 21.1. The molecular formula is C9H16N2O3S. The minimum atomic E-state index is -0.501. The van der Waals surface area contributed by atoms with Gasteiger partial charge in [0.05, 0.1) is 0 Å². The van der Waals surface area contributed by atoms with Crippen molar-refractivity contribution in [2.24, 2.45) is 4.40 Å². The van der Waals surface area contributed by atoms with Crippen LogP contribution in [0.4, 0.5) is 4.79 Å². The third-order valence-corrected chi connectivity index (χ3v) is 2.38. The maximum atomic E-state index is 11.4. The van der Waals surface area contributed by atoms with Crippen LogP contribution in [0, 0.1) is 0 Å². The van der Waals surface area contributed by atoms with Crippen LogP contribution >= 0.6 is 11.9 Å². The van der Waals surface area contributed by atoms with E-state index in [1.54, 1.807) is 7.11 Å². The van der Waals surface area contributed by atoms with Crippen LogP contribution in [-0.2, 0) is 9.47 Å². The molecule has 0 spiro atoms. The molecule has 0 aromatic rings. The lowest BCUT2D eigenvalue weighted by Crippen LogP contribution is -2.41. The molecule has 1 unspecified atom stereocenters. The van der Waals surface area contributed by atoms with Gasteiger partial charge in [-0.15, -0.1) is 0 Å². The number of hydrogen-bond donors (Lipinski definition) is 1. The number of carbonyl (C=O) groups is 1. The van der Waals surface area contributed by atoms with Crippen LogP contribution in [0.3, 0.4) is 0 Å². The van der Waals surface area contributed by atoms with E-state index in [4.69, 9.17) is 9.47 Å². The first-order valence-electron chi connectivity index (χ1n) is 4.65. The van der Waals surface area contributed by atoms with Crippen LogP contribution < -0.4 is 5.32 Å². The minimum Gasteiger partial charge on any atom is -0.444 e. The second-order valence-electron chi connectivity index (χ2n) is 4.12. The Kier molecular flexibility index (Phi) is 3.98. The zero-order chi connectivity index (χ0) is 11.5. The van der Waals surface area contributed by atoms with E-state index in [2.05, 4.69) is 9.71 Å². The third-order valence-electron chi connectivity index (χ3n) is 1.61. The molecule has 1 atom stereocenters. The first-order valence-corrected chi connectivity index (χ1v) is 5.59. The summed E-state index contributed by atoms with van der Waals surface area (Å²) in [4.78, 5) is 11.4. The lowest BCUT2D eigenvalue weighted by Gasteiger charge is -2.20. The van der Waals surface area contributed by atoms with Gasteiger partial charge in [-0.1, -0.05) is 0 Å². The molecule has 1 aliphatic heterocycles. The summed E-state index contributed by atoms with van der Waals surface area (Å²) in [6.45, 7) is 5.43. The van der Waals surface area contributed by atoms with Crippen molar-refractivity contribution in [3.63, 3.8) is 0 Å². The first kappa shape index (κ1) is 12.3. The summed E-state index contributed by atoms with van der Waals surface area (Å²) in [6.07, 6.45) is -0.645. The van der Waals surface area contributed by atoms with Gasteiger partial charge in [-0.2, -0.15) is 0 Å². The molecule has 0 saturated carbocycles. The van der Waals surface area contributed by atoms with Crippen LogP contribution in [0.15, 0.2) is 4.40 Å². The zero-order valence-electron chi connectivity index (χ0n) is 9.36. The number of hydrogen-bond acceptors (Lipinski definition) is 5. The minimum absolute atomic E-state index is 0.150. The second kappa shape index (κ2) is 4.85. The number of alkyl carbamates (subject to hydrolysis) is 1. The van der Waals surface area contributed by atoms with Crippen LogP contribution in [0.5, 0.6) is 0 Å². The van der Waals surface area contributed by atoms with E-state index in [0.717, 1.165) is 5.75 Å². The molecule has 0 aliphatic carbocycles. The Balaban J connectivity index is 2.45. The molecule has 6 heteroatoms. The van der Waals surface area contributed by atoms with Gasteiger partial charge in [0.2, 0.25) is 0 Å². The molecule has 15 heavy (non-hydrogen) atoms. The van der Waals surface area contributed by atoms with Gasteiger partial charge < -0.3 is 9.47 Å². The van der Waals surface area contributed by atoms with Gasteiger partial charge in [0.1, 0.15) is 17.5 Å². The number of rotatable bonds is 1. The van der Waals surface area contributed by atoms with Gasteiger partial charge in [-0.05, 0) is 32.7 Å². The van der Waals surface area contributed by atoms with Gasteiger partial charge in [0, 0.05) is 12.9 Å². The van der Waals surface area contributed by atoms with Crippen molar-refractivity contribution in [2.45, 2.75) is 32.5 Å². The molecule has 86 valence electrons. The summed E-state index contributed by atoms with van der Waals surface area (Å²) in [5.41, 5.74) is -0.501. The highest BCUT2D eigenvalue weighted by Gasteiger charge is 2.25. The highest BCUT2D eigenvalue weighted by molar-refractivity contribution is 7.98. The maximum absolute atomic E-state index is 11.4. The highest BCUT2D eigenvalue weighted by Crippen LogP contribution is 2.17. The number of amidine groups is 1. The molecule has 1 aliphatic rings. The molecule has 0 radical (unpaired) electrons. The molecule has 0 saturated heterocycles. The van der Waals surface area contributed by atoms with E-state index in [0.29, 0.717) is 5.84 Å². The van der Waals surface area contributed by atoms with Gasteiger partial charge in [-0.3, -0.25) is 5.32 Å². The fourth-order valence-corrected chi connectivity index (χ4v) is 1.81. The monoisotopic (exact) mass is 232 g/mol. The summed E-state index contributed by atoms with van der Waals surface area (Å²) in [6, 6.07) is 0. The number of methoxy groups -OCH3 is 1. The lowest BCUT2D eigenvalue weighted by atomic mass is 10.2. The molecule has 5 nitrogen and oxygen atoms in total. The van der Waals surface area contributed by atoms with Crippen LogP contribution in [0.1, 0.15) is 20.8 Å². The Morgan fingerprint density at radius 2 is 2.27 bits per heavy atom.